The lowest BCUT2D eigenvalue weighted by Crippen LogP contribution is -2.34. The van der Waals surface area contributed by atoms with E-state index in [2.05, 4.69) is 51.1 Å². The topological polar surface area (TPSA) is 28.2 Å². The van der Waals surface area contributed by atoms with Gasteiger partial charge in [0, 0.05) is 29.2 Å². The number of aromatic nitrogens is 1. The minimum Gasteiger partial charge on any atom is -0.383 e. The molecule has 2 rings (SSSR count). The zero-order chi connectivity index (χ0) is 13.3. The largest absolute Gasteiger partial charge is 0.383 e. The maximum Gasteiger partial charge on any atom is 0.0460 e. The second kappa shape index (κ2) is 5.27. The van der Waals surface area contributed by atoms with Gasteiger partial charge in [-0.15, -0.1) is 0 Å². The van der Waals surface area contributed by atoms with Crippen molar-refractivity contribution >= 4 is 5.69 Å². The smallest absolute Gasteiger partial charge is 0.0460 e. The quantitative estimate of drug-likeness (QED) is 0.890. The zero-order valence-electron chi connectivity index (χ0n) is 12.2. The van der Waals surface area contributed by atoms with Crippen LogP contribution < -0.4 is 5.32 Å². The van der Waals surface area contributed by atoms with Gasteiger partial charge >= 0.3 is 0 Å². The minimum atomic E-state index is 0.468. The minimum absolute atomic E-state index is 0.468. The molecule has 100 valence electrons. The van der Waals surface area contributed by atoms with Crippen molar-refractivity contribution in [1.82, 2.24) is 9.88 Å². The summed E-state index contributed by atoms with van der Waals surface area (Å²) in [6.45, 7) is 6.46. The number of aryl methyl sites for hydroxylation is 2. The number of nitrogens with zero attached hydrogens (tertiary/aromatic N) is 2. The van der Waals surface area contributed by atoms with Crippen LogP contribution in [0.5, 0.6) is 0 Å². The number of likely N-dealkylation sites (N-methyl/N-ethyl adjacent to an activating group) is 1. The molecule has 0 fully saturated rings. The molecular formula is C15H25N3. The third kappa shape index (κ3) is 2.83. The molecule has 0 radical (unpaired) electrons. The van der Waals surface area contributed by atoms with Crippen LogP contribution in [-0.2, 0) is 12.8 Å². The second-order valence-corrected chi connectivity index (χ2v) is 5.90. The highest BCUT2D eigenvalue weighted by Crippen LogP contribution is 2.29. The van der Waals surface area contributed by atoms with E-state index in [9.17, 15) is 0 Å². The monoisotopic (exact) mass is 247 g/mol. The van der Waals surface area contributed by atoms with Gasteiger partial charge in [-0.2, -0.15) is 0 Å². The van der Waals surface area contributed by atoms with Crippen LogP contribution in [0.2, 0.25) is 0 Å². The van der Waals surface area contributed by atoms with Crippen LogP contribution >= 0.6 is 0 Å². The van der Waals surface area contributed by atoms with Crippen molar-refractivity contribution < 1.29 is 0 Å². The molecule has 0 bridgehead atoms. The summed E-state index contributed by atoms with van der Waals surface area (Å²) in [6.07, 6.45) is 3.44. The van der Waals surface area contributed by atoms with Crippen molar-refractivity contribution in [3.8, 4) is 0 Å². The first-order valence-corrected chi connectivity index (χ1v) is 6.89. The van der Waals surface area contributed by atoms with Gasteiger partial charge < -0.3 is 10.2 Å². The molecule has 18 heavy (non-hydrogen) atoms. The van der Waals surface area contributed by atoms with E-state index in [-0.39, 0.29) is 0 Å². The standard InChI is InChI=1S/C15H25N3/c1-10(2)16-15-8-11(3)17-14-7-6-12(18(4)5)9-13(14)15/h8,10,12H,6-7,9H2,1-5H3,(H,16,17). The molecule has 0 amide bonds. The summed E-state index contributed by atoms with van der Waals surface area (Å²) in [5.41, 5.74) is 5.15. The number of anilines is 1. The lowest BCUT2D eigenvalue weighted by Gasteiger charge is -2.31. The third-order valence-electron chi connectivity index (χ3n) is 3.67. The van der Waals surface area contributed by atoms with Crippen molar-refractivity contribution in [2.45, 2.75) is 52.1 Å². The van der Waals surface area contributed by atoms with Crippen LogP contribution in [0, 0.1) is 6.92 Å². The van der Waals surface area contributed by atoms with Crippen LogP contribution in [0.1, 0.15) is 37.2 Å². The first-order valence-electron chi connectivity index (χ1n) is 6.89. The van der Waals surface area contributed by atoms with Gasteiger partial charge in [0.15, 0.2) is 0 Å². The van der Waals surface area contributed by atoms with Crippen LogP contribution in [0.3, 0.4) is 0 Å². The predicted octanol–water partition coefficient (Wildman–Crippen LogP) is 2.63. The van der Waals surface area contributed by atoms with E-state index in [4.69, 9.17) is 4.98 Å². The predicted molar refractivity (Wildman–Crippen MR) is 77.2 cm³/mol. The SMILES string of the molecule is Cc1cc(NC(C)C)c2c(n1)CCC(N(C)C)C2. The van der Waals surface area contributed by atoms with Crippen LogP contribution in [-0.4, -0.2) is 36.1 Å². The highest BCUT2D eigenvalue weighted by molar-refractivity contribution is 5.55. The van der Waals surface area contributed by atoms with Crippen LogP contribution in [0.15, 0.2) is 6.07 Å². The lowest BCUT2D eigenvalue weighted by molar-refractivity contribution is 0.267. The Morgan fingerprint density at radius 1 is 1.39 bits per heavy atom. The van der Waals surface area contributed by atoms with Gasteiger partial charge in [0.1, 0.15) is 0 Å². The fourth-order valence-electron chi connectivity index (χ4n) is 2.72. The number of fused-ring (bicyclic) bond motifs is 1. The van der Waals surface area contributed by atoms with E-state index in [1.54, 1.807) is 0 Å². The first kappa shape index (κ1) is 13.3. The Balaban J connectivity index is 2.34. The molecule has 3 heteroatoms. The molecule has 0 saturated carbocycles. The number of hydrogen-bond donors (Lipinski definition) is 1. The summed E-state index contributed by atoms with van der Waals surface area (Å²) in [5.74, 6) is 0. The molecule has 0 spiro atoms. The number of pyridine rings is 1. The molecule has 1 N–H and O–H groups in total. The zero-order valence-corrected chi connectivity index (χ0v) is 12.2. The maximum absolute atomic E-state index is 4.72. The molecule has 3 nitrogen and oxygen atoms in total. The Morgan fingerprint density at radius 3 is 2.72 bits per heavy atom. The van der Waals surface area contributed by atoms with Gasteiger partial charge in [-0.1, -0.05) is 0 Å². The van der Waals surface area contributed by atoms with Gasteiger partial charge in [0.25, 0.3) is 0 Å². The van der Waals surface area contributed by atoms with Crippen molar-refractivity contribution in [2.24, 2.45) is 0 Å². The van der Waals surface area contributed by atoms with Gasteiger partial charge in [0.05, 0.1) is 0 Å². The van der Waals surface area contributed by atoms with E-state index in [0.29, 0.717) is 12.1 Å². The van der Waals surface area contributed by atoms with E-state index in [1.165, 1.54) is 23.4 Å². The summed E-state index contributed by atoms with van der Waals surface area (Å²) in [6, 6.07) is 3.31. The Labute approximate surface area is 111 Å². The molecule has 0 saturated heterocycles. The number of hydrogen-bond acceptors (Lipinski definition) is 3. The Hall–Kier alpha value is -1.09. The van der Waals surface area contributed by atoms with Crippen LogP contribution in [0.4, 0.5) is 5.69 Å². The fourth-order valence-corrected chi connectivity index (χ4v) is 2.72. The van der Waals surface area contributed by atoms with Crippen molar-refractivity contribution in [2.75, 3.05) is 19.4 Å². The Morgan fingerprint density at radius 2 is 2.11 bits per heavy atom. The first-order chi connectivity index (χ1) is 8.47. The summed E-state index contributed by atoms with van der Waals surface area (Å²) in [7, 11) is 4.35. The molecule has 1 unspecified atom stereocenters. The van der Waals surface area contributed by atoms with E-state index in [1.807, 2.05) is 0 Å². The highest BCUT2D eigenvalue weighted by atomic mass is 15.1. The van der Waals surface area contributed by atoms with E-state index in [0.717, 1.165) is 18.5 Å². The molecule has 1 aromatic rings. The summed E-state index contributed by atoms with van der Waals surface area (Å²) in [4.78, 5) is 7.05. The molecule has 0 aromatic carbocycles. The Kier molecular flexibility index (Phi) is 3.91. The number of rotatable bonds is 3. The maximum atomic E-state index is 4.72. The fraction of sp³-hybridized carbons (Fsp3) is 0.667. The van der Waals surface area contributed by atoms with Crippen LogP contribution in [0.25, 0.3) is 0 Å². The third-order valence-corrected chi connectivity index (χ3v) is 3.67. The van der Waals surface area contributed by atoms with E-state index >= 15 is 0 Å². The summed E-state index contributed by atoms with van der Waals surface area (Å²) >= 11 is 0. The molecule has 1 aliphatic rings. The summed E-state index contributed by atoms with van der Waals surface area (Å²) in [5, 5.41) is 3.57. The number of nitrogens with one attached hydrogen (secondary N) is 1. The average molecular weight is 247 g/mol. The molecule has 1 aliphatic carbocycles. The van der Waals surface area contributed by atoms with Gasteiger partial charge in [-0.25, -0.2) is 0 Å². The van der Waals surface area contributed by atoms with Crippen molar-refractivity contribution in [3.63, 3.8) is 0 Å². The highest BCUT2D eigenvalue weighted by Gasteiger charge is 2.24. The average Bonchev–Trinajstić information content (AvgIpc) is 2.27. The molecule has 1 heterocycles. The molecule has 0 aliphatic heterocycles. The second-order valence-electron chi connectivity index (χ2n) is 5.90. The van der Waals surface area contributed by atoms with Crippen molar-refractivity contribution in [1.29, 1.82) is 0 Å². The Bertz CT molecular complexity index is 424. The van der Waals surface area contributed by atoms with Gasteiger partial charge in [-0.05, 0) is 65.8 Å². The van der Waals surface area contributed by atoms with Crippen molar-refractivity contribution in [3.05, 3.63) is 23.0 Å². The molecule has 1 aromatic heterocycles. The lowest BCUT2D eigenvalue weighted by atomic mass is 9.89. The normalized spacial score (nSPS) is 19.2. The molecular weight excluding hydrogens is 222 g/mol. The summed E-state index contributed by atoms with van der Waals surface area (Å²) < 4.78 is 0. The molecule has 1 atom stereocenters. The van der Waals surface area contributed by atoms with E-state index < -0.39 is 0 Å². The van der Waals surface area contributed by atoms with Gasteiger partial charge in [-0.3, -0.25) is 4.98 Å². The van der Waals surface area contributed by atoms with Gasteiger partial charge in [0.2, 0.25) is 0 Å².